The summed E-state index contributed by atoms with van der Waals surface area (Å²) in [5.74, 6) is 0.647. The lowest BCUT2D eigenvalue weighted by Gasteiger charge is -2.31. The van der Waals surface area contributed by atoms with Crippen molar-refractivity contribution in [2.75, 3.05) is 7.11 Å². The highest BCUT2D eigenvalue weighted by atomic mass is 32.2. The number of rotatable bonds is 3. The first kappa shape index (κ1) is 14.9. The normalized spacial score (nSPS) is 23.6. The van der Waals surface area contributed by atoms with Crippen LogP contribution < -0.4 is 4.74 Å². The number of ether oxygens (including phenoxy) is 1. The summed E-state index contributed by atoms with van der Waals surface area (Å²) in [4.78, 5) is 12.0. The lowest BCUT2D eigenvalue weighted by atomic mass is 9.95. The molecule has 1 aliphatic rings. The Morgan fingerprint density at radius 2 is 2.00 bits per heavy atom. The van der Waals surface area contributed by atoms with Crippen molar-refractivity contribution >= 4 is 11.8 Å². The maximum absolute atomic E-state index is 11.5. The van der Waals surface area contributed by atoms with Gasteiger partial charge in [-0.2, -0.15) is 0 Å². The van der Waals surface area contributed by atoms with E-state index in [1.165, 1.54) is 11.8 Å². The van der Waals surface area contributed by atoms with E-state index in [0.717, 1.165) is 10.5 Å². The quantitative estimate of drug-likeness (QED) is 0.695. The summed E-state index contributed by atoms with van der Waals surface area (Å²) in [5, 5.41) is 21.5. The summed E-state index contributed by atoms with van der Waals surface area (Å²) in [7, 11) is 1.56. The van der Waals surface area contributed by atoms with Gasteiger partial charge in [-0.25, -0.2) is 0 Å². The van der Waals surface area contributed by atoms with Crippen molar-refractivity contribution in [3.05, 3.63) is 69.8 Å². The fourth-order valence-corrected chi connectivity index (χ4v) is 4.12. The molecule has 0 saturated heterocycles. The smallest absolute Gasteiger partial charge is 0.258 e. The molecule has 0 saturated carbocycles. The Balaban J connectivity index is 2.07. The molecule has 0 unspecified atom stereocenters. The van der Waals surface area contributed by atoms with E-state index in [0.29, 0.717) is 11.3 Å². The summed E-state index contributed by atoms with van der Waals surface area (Å²) in [6.07, 6.45) is -1.12. The molecule has 0 fully saturated rings. The SMILES string of the molecule is COc1cccc([C@H]2Sc3ccccc3[C@@H](O)[C@@H]2[N+](=O)[O-])c1. The number of thioether (sulfide) groups is 1. The van der Waals surface area contributed by atoms with Gasteiger partial charge in [0, 0.05) is 15.4 Å². The lowest BCUT2D eigenvalue weighted by molar-refractivity contribution is -0.536. The summed E-state index contributed by atoms with van der Waals surface area (Å²) in [6, 6.07) is 13.4. The van der Waals surface area contributed by atoms with Crippen molar-refractivity contribution in [3.63, 3.8) is 0 Å². The number of nitrogens with zero attached hydrogens (tertiary/aromatic N) is 1. The number of hydrogen-bond acceptors (Lipinski definition) is 5. The minimum absolute atomic E-state index is 0.391. The maximum Gasteiger partial charge on any atom is 0.258 e. The number of benzene rings is 2. The van der Waals surface area contributed by atoms with E-state index >= 15 is 0 Å². The van der Waals surface area contributed by atoms with E-state index in [1.54, 1.807) is 37.4 Å². The second kappa shape index (κ2) is 5.98. The lowest BCUT2D eigenvalue weighted by Crippen LogP contribution is -2.35. The highest BCUT2D eigenvalue weighted by molar-refractivity contribution is 7.99. The van der Waals surface area contributed by atoms with Crippen molar-refractivity contribution in [1.29, 1.82) is 0 Å². The summed E-state index contributed by atoms with van der Waals surface area (Å²) < 4.78 is 5.20. The van der Waals surface area contributed by atoms with Crippen LogP contribution in [0.2, 0.25) is 0 Å². The second-order valence-electron chi connectivity index (χ2n) is 5.07. The molecule has 0 aliphatic carbocycles. The maximum atomic E-state index is 11.5. The van der Waals surface area contributed by atoms with Crippen molar-refractivity contribution in [1.82, 2.24) is 0 Å². The van der Waals surface area contributed by atoms with Crippen LogP contribution in [0.1, 0.15) is 22.5 Å². The molecule has 0 amide bonds. The summed E-state index contributed by atoms with van der Waals surface area (Å²) >= 11 is 1.41. The summed E-state index contributed by atoms with van der Waals surface area (Å²) in [6.45, 7) is 0. The zero-order chi connectivity index (χ0) is 15.7. The van der Waals surface area contributed by atoms with Gasteiger partial charge in [0.2, 0.25) is 0 Å². The Morgan fingerprint density at radius 1 is 1.23 bits per heavy atom. The van der Waals surface area contributed by atoms with Gasteiger partial charge in [0.1, 0.15) is 17.1 Å². The number of aliphatic hydroxyl groups is 1. The monoisotopic (exact) mass is 317 g/mol. The van der Waals surface area contributed by atoms with Crippen LogP contribution in [0.4, 0.5) is 0 Å². The van der Waals surface area contributed by atoms with Crippen LogP contribution in [-0.4, -0.2) is 23.2 Å². The van der Waals surface area contributed by atoms with E-state index in [2.05, 4.69) is 0 Å². The van der Waals surface area contributed by atoms with Gasteiger partial charge >= 0.3 is 0 Å². The van der Waals surface area contributed by atoms with Gasteiger partial charge in [-0.3, -0.25) is 10.1 Å². The molecule has 1 heterocycles. The van der Waals surface area contributed by atoms with Crippen LogP contribution in [0.25, 0.3) is 0 Å². The van der Waals surface area contributed by atoms with E-state index in [4.69, 9.17) is 4.74 Å². The average Bonchev–Trinajstić information content (AvgIpc) is 2.54. The fraction of sp³-hybridized carbons (Fsp3) is 0.250. The van der Waals surface area contributed by atoms with Crippen LogP contribution in [0.3, 0.4) is 0 Å². The molecule has 6 heteroatoms. The summed E-state index contributed by atoms with van der Waals surface area (Å²) in [5.41, 5.74) is 1.40. The molecule has 5 nitrogen and oxygen atoms in total. The topological polar surface area (TPSA) is 72.6 Å². The molecule has 2 aromatic rings. The van der Waals surface area contributed by atoms with Gasteiger partial charge in [-0.1, -0.05) is 30.3 Å². The van der Waals surface area contributed by atoms with Crippen molar-refractivity contribution in [2.45, 2.75) is 22.3 Å². The van der Waals surface area contributed by atoms with Crippen molar-refractivity contribution in [2.24, 2.45) is 0 Å². The molecule has 22 heavy (non-hydrogen) atoms. The molecule has 0 radical (unpaired) electrons. The Bertz CT molecular complexity index is 706. The molecule has 2 aromatic carbocycles. The minimum Gasteiger partial charge on any atom is -0.497 e. The number of fused-ring (bicyclic) bond motifs is 1. The first-order chi connectivity index (χ1) is 10.6. The molecule has 0 bridgehead atoms. The number of methoxy groups -OCH3 is 1. The Morgan fingerprint density at radius 3 is 2.73 bits per heavy atom. The van der Waals surface area contributed by atoms with Gasteiger partial charge in [0.25, 0.3) is 6.04 Å². The van der Waals surface area contributed by atoms with E-state index in [-0.39, 0.29) is 0 Å². The molecule has 1 N–H and O–H groups in total. The fourth-order valence-electron chi connectivity index (χ4n) is 2.70. The highest BCUT2D eigenvalue weighted by Gasteiger charge is 2.45. The molecular formula is C16H15NO4S. The van der Waals surface area contributed by atoms with Gasteiger partial charge in [0.15, 0.2) is 0 Å². The molecule has 3 atom stereocenters. The third-order valence-corrected chi connectivity index (χ3v) is 5.22. The Hall–Kier alpha value is -2.05. The minimum atomic E-state index is -1.12. The number of nitro groups is 1. The van der Waals surface area contributed by atoms with Gasteiger partial charge in [0.05, 0.1) is 7.11 Å². The molecule has 0 aromatic heterocycles. The molecular weight excluding hydrogens is 302 g/mol. The van der Waals surface area contributed by atoms with Gasteiger partial charge in [-0.15, -0.1) is 11.8 Å². The van der Waals surface area contributed by atoms with E-state index < -0.39 is 22.3 Å². The van der Waals surface area contributed by atoms with Crippen LogP contribution >= 0.6 is 11.8 Å². The first-order valence-electron chi connectivity index (χ1n) is 6.83. The zero-order valence-corrected chi connectivity index (χ0v) is 12.7. The largest absolute Gasteiger partial charge is 0.497 e. The first-order valence-corrected chi connectivity index (χ1v) is 7.71. The third kappa shape index (κ3) is 2.55. The molecule has 0 spiro atoms. The number of hydrogen-bond donors (Lipinski definition) is 1. The molecule has 3 rings (SSSR count). The van der Waals surface area contributed by atoms with Gasteiger partial charge in [-0.05, 0) is 23.8 Å². The van der Waals surface area contributed by atoms with Crippen molar-refractivity contribution in [3.8, 4) is 5.75 Å². The van der Waals surface area contributed by atoms with Crippen LogP contribution in [0.15, 0.2) is 53.4 Å². The average molecular weight is 317 g/mol. The Labute approximate surface area is 132 Å². The number of aliphatic hydroxyl groups excluding tert-OH is 1. The predicted molar refractivity (Wildman–Crippen MR) is 83.8 cm³/mol. The standard InChI is InChI=1S/C16H15NO4S/c1-21-11-6-4-5-10(9-11)16-14(17(19)20)15(18)12-7-2-3-8-13(12)22-16/h2-9,14-16,18H,1H3/t14-,15+,16+/m0/s1. The van der Waals surface area contributed by atoms with Crippen LogP contribution in [-0.2, 0) is 0 Å². The van der Waals surface area contributed by atoms with Crippen LogP contribution in [0, 0.1) is 10.1 Å². The highest BCUT2D eigenvalue weighted by Crippen LogP contribution is 2.50. The van der Waals surface area contributed by atoms with Crippen LogP contribution in [0.5, 0.6) is 5.75 Å². The molecule has 114 valence electrons. The second-order valence-corrected chi connectivity index (χ2v) is 6.26. The Kier molecular flexibility index (Phi) is 4.04. The van der Waals surface area contributed by atoms with Gasteiger partial charge < -0.3 is 9.84 Å². The van der Waals surface area contributed by atoms with Crippen molar-refractivity contribution < 1.29 is 14.8 Å². The molecule has 1 aliphatic heterocycles. The van der Waals surface area contributed by atoms with E-state index in [1.807, 2.05) is 18.2 Å². The zero-order valence-electron chi connectivity index (χ0n) is 11.9. The van der Waals surface area contributed by atoms with E-state index in [9.17, 15) is 15.2 Å². The third-order valence-electron chi connectivity index (χ3n) is 3.79. The predicted octanol–water partition coefficient (Wildman–Crippen LogP) is 3.22.